The van der Waals surface area contributed by atoms with E-state index < -0.39 is 4.92 Å². The summed E-state index contributed by atoms with van der Waals surface area (Å²) in [5.74, 6) is -0.157. The zero-order valence-electron chi connectivity index (χ0n) is 9.93. The Kier molecular flexibility index (Phi) is 3.65. The summed E-state index contributed by atoms with van der Waals surface area (Å²) in [6, 6.07) is 4.75. The highest BCUT2D eigenvalue weighted by molar-refractivity contribution is 9.10. The number of rotatable bonds is 3. The Balaban J connectivity index is 2.24. The molecule has 0 atom stereocenters. The molecule has 0 aromatic heterocycles. The number of carbonyl (C=O) groups is 1. The summed E-state index contributed by atoms with van der Waals surface area (Å²) in [5.41, 5.74) is 0.280. The molecule has 5 nitrogen and oxygen atoms in total. The molecule has 0 spiro atoms. The molecule has 96 valence electrons. The Bertz CT molecular complexity index is 500. The lowest BCUT2D eigenvalue weighted by molar-refractivity contribution is -0.385. The minimum atomic E-state index is -0.496. The molecule has 6 heteroatoms. The van der Waals surface area contributed by atoms with Crippen LogP contribution in [-0.2, 0) is 0 Å². The van der Waals surface area contributed by atoms with Gasteiger partial charge in [-0.3, -0.25) is 14.9 Å². The maximum atomic E-state index is 12.2. The van der Waals surface area contributed by atoms with Gasteiger partial charge >= 0.3 is 0 Å². The number of hydrogen-bond acceptors (Lipinski definition) is 3. The smallest absolute Gasteiger partial charge is 0.284 e. The van der Waals surface area contributed by atoms with Crippen molar-refractivity contribution in [3.63, 3.8) is 0 Å². The molecule has 1 amide bonds. The van der Waals surface area contributed by atoms with Gasteiger partial charge in [-0.05, 0) is 47.3 Å². The highest BCUT2D eigenvalue weighted by Gasteiger charge is 2.27. The van der Waals surface area contributed by atoms with Crippen LogP contribution in [0.25, 0.3) is 0 Å². The van der Waals surface area contributed by atoms with E-state index in [0.29, 0.717) is 10.0 Å². The van der Waals surface area contributed by atoms with E-state index in [0.717, 1.165) is 19.3 Å². The molecule has 1 fully saturated rings. The second kappa shape index (κ2) is 5.06. The van der Waals surface area contributed by atoms with Crippen LogP contribution in [0.1, 0.15) is 29.6 Å². The van der Waals surface area contributed by atoms with Crippen molar-refractivity contribution >= 4 is 27.5 Å². The number of hydrogen-bond donors (Lipinski definition) is 0. The zero-order valence-corrected chi connectivity index (χ0v) is 11.5. The predicted octanol–water partition coefficient (Wildman–Crippen LogP) is 2.98. The quantitative estimate of drug-likeness (QED) is 0.636. The van der Waals surface area contributed by atoms with E-state index >= 15 is 0 Å². The molecule has 0 saturated heterocycles. The standard InChI is InChI=1S/C12H13BrN2O3/c1-14(9-3-2-4-9)12(16)8-5-6-10(13)11(7-8)15(17)18/h5-7,9H,2-4H2,1H3. The van der Waals surface area contributed by atoms with Crippen molar-refractivity contribution in [3.05, 3.63) is 38.3 Å². The van der Waals surface area contributed by atoms with Crippen molar-refractivity contribution in [1.82, 2.24) is 4.90 Å². The first-order valence-electron chi connectivity index (χ1n) is 5.72. The van der Waals surface area contributed by atoms with Gasteiger partial charge in [0.1, 0.15) is 0 Å². The van der Waals surface area contributed by atoms with Crippen molar-refractivity contribution in [2.75, 3.05) is 7.05 Å². The van der Waals surface area contributed by atoms with E-state index in [2.05, 4.69) is 15.9 Å². The molecule has 1 aliphatic rings. The van der Waals surface area contributed by atoms with Crippen LogP contribution in [-0.4, -0.2) is 28.8 Å². The highest BCUT2D eigenvalue weighted by Crippen LogP contribution is 2.28. The number of carbonyl (C=O) groups excluding carboxylic acids is 1. The SMILES string of the molecule is CN(C(=O)c1ccc(Br)c([N+](=O)[O-])c1)C1CCC1. The number of halogens is 1. The largest absolute Gasteiger partial charge is 0.339 e. The summed E-state index contributed by atoms with van der Waals surface area (Å²) >= 11 is 3.10. The predicted molar refractivity (Wildman–Crippen MR) is 70.5 cm³/mol. The highest BCUT2D eigenvalue weighted by atomic mass is 79.9. The molecule has 1 aromatic rings. The molecule has 1 saturated carbocycles. The fraction of sp³-hybridized carbons (Fsp3) is 0.417. The topological polar surface area (TPSA) is 63.5 Å². The van der Waals surface area contributed by atoms with Crippen molar-refractivity contribution in [2.24, 2.45) is 0 Å². The Hall–Kier alpha value is -1.43. The monoisotopic (exact) mass is 312 g/mol. The van der Waals surface area contributed by atoms with Gasteiger partial charge in [0, 0.05) is 24.7 Å². The van der Waals surface area contributed by atoms with E-state index in [1.54, 1.807) is 24.1 Å². The summed E-state index contributed by atoms with van der Waals surface area (Å²) in [5, 5.41) is 10.8. The van der Waals surface area contributed by atoms with Crippen LogP contribution in [0.4, 0.5) is 5.69 Å². The van der Waals surface area contributed by atoms with Crippen LogP contribution in [0.15, 0.2) is 22.7 Å². The van der Waals surface area contributed by atoms with Gasteiger partial charge in [0.2, 0.25) is 0 Å². The van der Waals surface area contributed by atoms with Crippen LogP contribution in [0, 0.1) is 10.1 Å². The van der Waals surface area contributed by atoms with Gasteiger partial charge in [0.15, 0.2) is 0 Å². The van der Waals surface area contributed by atoms with Crippen LogP contribution < -0.4 is 0 Å². The fourth-order valence-corrected chi connectivity index (χ4v) is 2.32. The molecule has 18 heavy (non-hydrogen) atoms. The van der Waals surface area contributed by atoms with E-state index in [1.807, 2.05) is 0 Å². The first kappa shape index (κ1) is 13.0. The Morgan fingerprint density at radius 3 is 2.67 bits per heavy atom. The molecule has 0 heterocycles. The van der Waals surface area contributed by atoms with Gasteiger partial charge in [-0.2, -0.15) is 0 Å². The Morgan fingerprint density at radius 1 is 1.50 bits per heavy atom. The first-order chi connectivity index (χ1) is 8.50. The third-order valence-electron chi connectivity index (χ3n) is 3.33. The minimum Gasteiger partial charge on any atom is -0.339 e. The Morgan fingerprint density at radius 2 is 2.17 bits per heavy atom. The van der Waals surface area contributed by atoms with Crippen molar-refractivity contribution in [1.29, 1.82) is 0 Å². The summed E-state index contributed by atoms with van der Waals surface area (Å²) < 4.78 is 0.385. The third kappa shape index (κ3) is 2.38. The lowest BCUT2D eigenvalue weighted by Gasteiger charge is -2.34. The molecule has 0 unspecified atom stereocenters. The molecule has 1 aromatic carbocycles. The van der Waals surface area contributed by atoms with Gasteiger partial charge in [-0.25, -0.2) is 0 Å². The number of amides is 1. The number of nitrogens with zero attached hydrogens (tertiary/aromatic N) is 2. The van der Waals surface area contributed by atoms with Crippen LogP contribution in [0.3, 0.4) is 0 Å². The lowest BCUT2D eigenvalue weighted by atomic mass is 9.91. The minimum absolute atomic E-state index is 0.0807. The molecule has 0 N–H and O–H groups in total. The molecular weight excluding hydrogens is 300 g/mol. The van der Waals surface area contributed by atoms with Gasteiger partial charge < -0.3 is 4.90 Å². The van der Waals surface area contributed by atoms with E-state index in [4.69, 9.17) is 0 Å². The average molecular weight is 313 g/mol. The third-order valence-corrected chi connectivity index (χ3v) is 4.00. The summed E-state index contributed by atoms with van der Waals surface area (Å²) in [6.07, 6.45) is 3.17. The molecule has 0 radical (unpaired) electrons. The normalized spacial score (nSPS) is 15.0. The average Bonchev–Trinajstić information content (AvgIpc) is 2.26. The number of benzene rings is 1. The summed E-state index contributed by atoms with van der Waals surface area (Å²) in [6.45, 7) is 0. The fourth-order valence-electron chi connectivity index (χ4n) is 1.93. The first-order valence-corrected chi connectivity index (χ1v) is 6.51. The van der Waals surface area contributed by atoms with Crippen molar-refractivity contribution in [2.45, 2.75) is 25.3 Å². The maximum absolute atomic E-state index is 12.2. The van der Waals surface area contributed by atoms with Gasteiger partial charge in [-0.1, -0.05) is 0 Å². The number of nitro groups is 1. The molecule has 0 bridgehead atoms. The second-order valence-corrected chi connectivity index (χ2v) is 5.28. The lowest BCUT2D eigenvalue weighted by Crippen LogP contribution is -2.41. The molecule has 2 rings (SSSR count). The van der Waals surface area contributed by atoms with Crippen LogP contribution >= 0.6 is 15.9 Å². The molecule has 1 aliphatic carbocycles. The van der Waals surface area contributed by atoms with Crippen LogP contribution in [0.2, 0.25) is 0 Å². The van der Waals surface area contributed by atoms with E-state index in [1.165, 1.54) is 6.07 Å². The zero-order chi connectivity index (χ0) is 13.3. The van der Waals surface area contributed by atoms with E-state index in [-0.39, 0.29) is 17.6 Å². The summed E-state index contributed by atoms with van der Waals surface area (Å²) in [4.78, 5) is 24.2. The molecular formula is C12H13BrN2O3. The Labute approximate surface area is 113 Å². The van der Waals surface area contributed by atoms with Gasteiger partial charge in [-0.15, -0.1) is 0 Å². The maximum Gasteiger partial charge on any atom is 0.284 e. The summed E-state index contributed by atoms with van der Waals surface area (Å²) in [7, 11) is 1.75. The second-order valence-electron chi connectivity index (χ2n) is 4.42. The number of nitro benzene ring substituents is 1. The van der Waals surface area contributed by atoms with E-state index in [9.17, 15) is 14.9 Å². The van der Waals surface area contributed by atoms with Crippen molar-refractivity contribution in [3.8, 4) is 0 Å². The molecule has 0 aliphatic heterocycles. The van der Waals surface area contributed by atoms with Gasteiger partial charge in [0.25, 0.3) is 11.6 Å². The van der Waals surface area contributed by atoms with Gasteiger partial charge in [0.05, 0.1) is 9.40 Å². The van der Waals surface area contributed by atoms with Crippen LogP contribution in [0.5, 0.6) is 0 Å². The van der Waals surface area contributed by atoms with Crippen molar-refractivity contribution < 1.29 is 9.72 Å².